The van der Waals surface area contributed by atoms with Gasteiger partial charge in [-0.25, -0.2) is 4.79 Å². The molecular formula is C14H19N3O2. The van der Waals surface area contributed by atoms with Gasteiger partial charge < -0.3 is 16.0 Å². The zero-order chi connectivity index (χ0) is 13.5. The van der Waals surface area contributed by atoms with E-state index in [1.54, 1.807) is 0 Å². The van der Waals surface area contributed by atoms with Crippen LogP contribution in [0.4, 0.5) is 4.79 Å². The van der Waals surface area contributed by atoms with Gasteiger partial charge in [0.15, 0.2) is 0 Å². The summed E-state index contributed by atoms with van der Waals surface area (Å²) in [7, 11) is 0. The molecule has 102 valence electrons. The van der Waals surface area contributed by atoms with Gasteiger partial charge in [0.2, 0.25) is 5.91 Å². The molecule has 0 saturated carbocycles. The Balaban J connectivity index is 1.73. The van der Waals surface area contributed by atoms with Gasteiger partial charge >= 0.3 is 6.03 Å². The summed E-state index contributed by atoms with van der Waals surface area (Å²) in [6.45, 7) is 1.14. The minimum atomic E-state index is -0.178. The first-order chi connectivity index (χ1) is 9.24. The molecule has 1 aromatic carbocycles. The highest BCUT2D eigenvalue weighted by atomic mass is 16.2. The first-order valence-electron chi connectivity index (χ1n) is 6.59. The predicted octanol–water partition coefficient (Wildman–Crippen LogP) is 1.15. The predicted molar refractivity (Wildman–Crippen MR) is 72.5 cm³/mol. The van der Waals surface area contributed by atoms with Gasteiger partial charge in [0.1, 0.15) is 0 Å². The van der Waals surface area contributed by atoms with E-state index < -0.39 is 0 Å². The standard InChI is InChI=1S/C14H19N3O2/c18-13-7-6-12(8-9-15-13)17-14(19)16-10-11-4-2-1-3-5-11/h1-5,12H,6-10H2,(H,15,18)(H2,16,17,19). The Labute approximate surface area is 112 Å². The van der Waals surface area contributed by atoms with Crippen molar-refractivity contribution in [1.29, 1.82) is 0 Å². The Hall–Kier alpha value is -2.04. The van der Waals surface area contributed by atoms with Crippen LogP contribution in [-0.2, 0) is 11.3 Å². The minimum Gasteiger partial charge on any atom is -0.356 e. The Morgan fingerprint density at radius 3 is 2.84 bits per heavy atom. The summed E-state index contributed by atoms with van der Waals surface area (Å²) in [5, 5.41) is 8.52. The van der Waals surface area contributed by atoms with Crippen LogP contribution < -0.4 is 16.0 Å². The molecule has 0 radical (unpaired) electrons. The molecule has 0 bridgehead atoms. The van der Waals surface area contributed by atoms with Crippen LogP contribution in [-0.4, -0.2) is 24.5 Å². The highest BCUT2D eigenvalue weighted by molar-refractivity contribution is 5.77. The molecule has 1 heterocycles. The molecule has 1 saturated heterocycles. The number of benzene rings is 1. The zero-order valence-corrected chi connectivity index (χ0v) is 10.8. The molecular weight excluding hydrogens is 242 g/mol. The van der Waals surface area contributed by atoms with Crippen molar-refractivity contribution in [2.75, 3.05) is 6.54 Å². The van der Waals surface area contributed by atoms with Crippen LogP contribution >= 0.6 is 0 Å². The SMILES string of the molecule is O=C1CCC(NC(=O)NCc2ccccc2)CCN1. The van der Waals surface area contributed by atoms with Crippen LogP contribution in [0.15, 0.2) is 30.3 Å². The van der Waals surface area contributed by atoms with Gasteiger partial charge in [-0.1, -0.05) is 30.3 Å². The number of urea groups is 1. The maximum Gasteiger partial charge on any atom is 0.315 e. The molecule has 3 amide bonds. The van der Waals surface area contributed by atoms with Crippen LogP contribution in [0.25, 0.3) is 0 Å². The normalized spacial score (nSPS) is 19.2. The summed E-state index contributed by atoms with van der Waals surface area (Å²) in [4.78, 5) is 22.9. The number of carbonyl (C=O) groups excluding carboxylic acids is 2. The largest absolute Gasteiger partial charge is 0.356 e. The number of hydrogen-bond acceptors (Lipinski definition) is 2. The number of amides is 3. The second kappa shape index (κ2) is 6.78. The lowest BCUT2D eigenvalue weighted by Crippen LogP contribution is -2.42. The molecule has 1 aliphatic rings. The maximum atomic E-state index is 11.8. The topological polar surface area (TPSA) is 70.2 Å². The third-order valence-corrected chi connectivity index (χ3v) is 3.17. The third kappa shape index (κ3) is 4.62. The number of carbonyl (C=O) groups is 2. The first-order valence-corrected chi connectivity index (χ1v) is 6.59. The highest BCUT2D eigenvalue weighted by Crippen LogP contribution is 2.05. The Morgan fingerprint density at radius 2 is 2.05 bits per heavy atom. The quantitative estimate of drug-likeness (QED) is 0.764. The van der Waals surface area contributed by atoms with Crippen LogP contribution in [0.1, 0.15) is 24.8 Å². The smallest absolute Gasteiger partial charge is 0.315 e. The summed E-state index contributed by atoms with van der Waals surface area (Å²) in [5.74, 6) is 0.0639. The van der Waals surface area contributed by atoms with Gasteiger partial charge in [-0.2, -0.15) is 0 Å². The van der Waals surface area contributed by atoms with Crippen molar-refractivity contribution in [3.63, 3.8) is 0 Å². The lowest BCUT2D eigenvalue weighted by atomic mass is 10.1. The van der Waals surface area contributed by atoms with Gasteiger partial charge in [-0.15, -0.1) is 0 Å². The summed E-state index contributed by atoms with van der Waals surface area (Å²) in [5.41, 5.74) is 1.07. The van der Waals surface area contributed by atoms with E-state index in [4.69, 9.17) is 0 Å². The maximum absolute atomic E-state index is 11.8. The van der Waals surface area contributed by atoms with E-state index in [9.17, 15) is 9.59 Å². The molecule has 1 unspecified atom stereocenters. The van der Waals surface area contributed by atoms with Gasteiger partial charge in [0.05, 0.1) is 0 Å². The van der Waals surface area contributed by atoms with Crippen molar-refractivity contribution < 1.29 is 9.59 Å². The van der Waals surface area contributed by atoms with Crippen molar-refractivity contribution in [3.05, 3.63) is 35.9 Å². The van der Waals surface area contributed by atoms with E-state index >= 15 is 0 Å². The Kier molecular flexibility index (Phi) is 4.78. The zero-order valence-electron chi connectivity index (χ0n) is 10.8. The average Bonchev–Trinajstić information content (AvgIpc) is 2.63. The Morgan fingerprint density at radius 1 is 1.26 bits per heavy atom. The fourth-order valence-corrected chi connectivity index (χ4v) is 2.08. The summed E-state index contributed by atoms with van der Waals surface area (Å²) in [6.07, 6.45) is 1.96. The fourth-order valence-electron chi connectivity index (χ4n) is 2.08. The van der Waals surface area contributed by atoms with Crippen LogP contribution in [0, 0.1) is 0 Å². The molecule has 5 heteroatoms. The summed E-state index contributed by atoms with van der Waals surface area (Å²) >= 11 is 0. The van der Waals surface area contributed by atoms with E-state index in [1.165, 1.54) is 0 Å². The van der Waals surface area contributed by atoms with Crippen molar-refractivity contribution in [1.82, 2.24) is 16.0 Å². The lowest BCUT2D eigenvalue weighted by Gasteiger charge is -2.16. The summed E-state index contributed by atoms with van der Waals surface area (Å²) < 4.78 is 0. The second-order valence-corrected chi connectivity index (χ2v) is 4.69. The van der Waals surface area contributed by atoms with Gasteiger partial charge in [0, 0.05) is 25.6 Å². The van der Waals surface area contributed by atoms with Gasteiger partial charge in [0.25, 0.3) is 0 Å². The number of hydrogen-bond donors (Lipinski definition) is 3. The number of nitrogens with one attached hydrogen (secondary N) is 3. The van der Waals surface area contributed by atoms with E-state index in [2.05, 4.69) is 16.0 Å². The monoisotopic (exact) mass is 261 g/mol. The molecule has 0 aromatic heterocycles. The average molecular weight is 261 g/mol. The molecule has 0 spiro atoms. The minimum absolute atomic E-state index is 0.0639. The summed E-state index contributed by atoms with van der Waals surface area (Å²) in [6, 6.07) is 9.65. The molecule has 5 nitrogen and oxygen atoms in total. The first kappa shape index (κ1) is 13.4. The molecule has 0 aliphatic carbocycles. The van der Waals surface area contributed by atoms with Crippen molar-refractivity contribution in [2.45, 2.75) is 31.8 Å². The third-order valence-electron chi connectivity index (χ3n) is 3.17. The molecule has 1 fully saturated rings. The van der Waals surface area contributed by atoms with Crippen LogP contribution in [0.2, 0.25) is 0 Å². The van der Waals surface area contributed by atoms with Gasteiger partial charge in [-0.05, 0) is 18.4 Å². The van der Waals surface area contributed by atoms with Crippen molar-refractivity contribution >= 4 is 11.9 Å². The van der Waals surface area contributed by atoms with Gasteiger partial charge in [-0.3, -0.25) is 4.79 Å². The molecule has 19 heavy (non-hydrogen) atoms. The Bertz CT molecular complexity index is 434. The fraction of sp³-hybridized carbons (Fsp3) is 0.429. The van der Waals surface area contributed by atoms with E-state index in [1.807, 2.05) is 30.3 Å². The molecule has 1 aliphatic heterocycles. The van der Waals surface area contributed by atoms with Crippen LogP contribution in [0.3, 0.4) is 0 Å². The number of rotatable bonds is 3. The molecule has 1 atom stereocenters. The van der Waals surface area contributed by atoms with Crippen LogP contribution in [0.5, 0.6) is 0 Å². The lowest BCUT2D eigenvalue weighted by molar-refractivity contribution is -0.120. The van der Waals surface area contributed by atoms with E-state index in [0.29, 0.717) is 25.9 Å². The molecule has 3 N–H and O–H groups in total. The molecule has 2 rings (SSSR count). The van der Waals surface area contributed by atoms with E-state index in [-0.39, 0.29) is 18.0 Å². The highest BCUT2D eigenvalue weighted by Gasteiger charge is 2.17. The van der Waals surface area contributed by atoms with Crippen molar-refractivity contribution in [3.8, 4) is 0 Å². The van der Waals surface area contributed by atoms with E-state index in [0.717, 1.165) is 12.0 Å². The second-order valence-electron chi connectivity index (χ2n) is 4.69. The molecule has 1 aromatic rings. The van der Waals surface area contributed by atoms with Crippen molar-refractivity contribution in [2.24, 2.45) is 0 Å².